The number of piperidine rings is 1. The molecule has 0 aliphatic carbocycles. The first-order valence-corrected chi connectivity index (χ1v) is 5.64. The fourth-order valence-corrected chi connectivity index (χ4v) is 2.26. The summed E-state index contributed by atoms with van der Waals surface area (Å²) < 4.78 is 5.32. The summed E-state index contributed by atoms with van der Waals surface area (Å²) in [7, 11) is 0. The Morgan fingerprint density at radius 2 is 2.40 bits per heavy atom. The van der Waals surface area contributed by atoms with E-state index in [2.05, 4.69) is 12.2 Å². The highest BCUT2D eigenvalue weighted by molar-refractivity contribution is 5.18. The molecule has 15 heavy (non-hydrogen) atoms. The molecule has 2 N–H and O–H groups in total. The molecule has 84 valence electrons. The second-order valence-electron chi connectivity index (χ2n) is 4.60. The Hall–Kier alpha value is -0.800. The third-order valence-corrected chi connectivity index (χ3v) is 3.25. The molecule has 3 heteroatoms. The normalized spacial score (nSPS) is 29.0. The maximum atomic E-state index is 10.2. The quantitative estimate of drug-likeness (QED) is 0.783. The van der Waals surface area contributed by atoms with E-state index in [9.17, 15) is 5.11 Å². The molecule has 1 aliphatic rings. The lowest BCUT2D eigenvalue weighted by Crippen LogP contribution is -2.41. The van der Waals surface area contributed by atoms with Crippen LogP contribution in [0.4, 0.5) is 0 Å². The number of aliphatic hydroxyl groups is 1. The molecule has 3 atom stereocenters. The standard InChI is InChI=1S/C12H19NO2/c1-8-3-5-13-10(7-8)11(14)12-9(2)4-6-15-12/h4,6,8,10-11,13-14H,3,5,7H2,1-2H3. The topological polar surface area (TPSA) is 45.4 Å². The Labute approximate surface area is 90.5 Å². The predicted octanol–water partition coefficient (Wildman–Crippen LogP) is 2.01. The molecule has 0 saturated carbocycles. The van der Waals surface area contributed by atoms with E-state index in [1.54, 1.807) is 6.26 Å². The van der Waals surface area contributed by atoms with Crippen LogP contribution in [0.25, 0.3) is 0 Å². The third kappa shape index (κ3) is 2.24. The smallest absolute Gasteiger partial charge is 0.136 e. The lowest BCUT2D eigenvalue weighted by molar-refractivity contribution is 0.0813. The SMILES string of the molecule is Cc1ccoc1C(O)C1CC(C)CCN1. The van der Waals surface area contributed by atoms with Gasteiger partial charge in [-0.3, -0.25) is 0 Å². The minimum absolute atomic E-state index is 0.138. The number of furan rings is 1. The summed E-state index contributed by atoms with van der Waals surface area (Å²) in [6, 6.07) is 2.03. The van der Waals surface area contributed by atoms with Crippen LogP contribution in [-0.4, -0.2) is 17.7 Å². The van der Waals surface area contributed by atoms with Gasteiger partial charge in [-0.15, -0.1) is 0 Å². The summed E-state index contributed by atoms with van der Waals surface area (Å²) in [5.41, 5.74) is 1.03. The van der Waals surface area contributed by atoms with Crippen LogP contribution in [0.2, 0.25) is 0 Å². The van der Waals surface area contributed by atoms with Crippen molar-refractivity contribution in [1.29, 1.82) is 0 Å². The van der Waals surface area contributed by atoms with Gasteiger partial charge in [-0.2, -0.15) is 0 Å². The molecule has 1 aromatic rings. The first-order chi connectivity index (χ1) is 7.18. The molecule has 0 aromatic carbocycles. The van der Waals surface area contributed by atoms with Crippen LogP contribution >= 0.6 is 0 Å². The monoisotopic (exact) mass is 209 g/mol. The van der Waals surface area contributed by atoms with Gasteiger partial charge in [-0.1, -0.05) is 6.92 Å². The van der Waals surface area contributed by atoms with E-state index < -0.39 is 6.10 Å². The Bertz CT molecular complexity index is 321. The number of aliphatic hydroxyl groups excluding tert-OH is 1. The highest BCUT2D eigenvalue weighted by Crippen LogP contribution is 2.27. The van der Waals surface area contributed by atoms with Gasteiger partial charge in [0, 0.05) is 6.04 Å². The zero-order chi connectivity index (χ0) is 10.8. The fourth-order valence-electron chi connectivity index (χ4n) is 2.26. The molecule has 0 bridgehead atoms. The Balaban J connectivity index is 2.07. The average Bonchev–Trinajstić information content (AvgIpc) is 2.63. The molecule has 1 saturated heterocycles. The van der Waals surface area contributed by atoms with Gasteiger partial charge in [-0.25, -0.2) is 0 Å². The van der Waals surface area contributed by atoms with Crippen LogP contribution in [-0.2, 0) is 0 Å². The molecule has 2 rings (SSSR count). The molecule has 3 nitrogen and oxygen atoms in total. The first-order valence-electron chi connectivity index (χ1n) is 5.64. The van der Waals surface area contributed by atoms with Crippen LogP contribution in [0.15, 0.2) is 16.7 Å². The first kappa shape index (κ1) is 10.7. The van der Waals surface area contributed by atoms with Crippen molar-refractivity contribution in [1.82, 2.24) is 5.32 Å². The summed E-state index contributed by atoms with van der Waals surface area (Å²) in [6.45, 7) is 5.19. The van der Waals surface area contributed by atoms with Crippen LogP contribution in [0.3, 0.4) is 0 Å². The molecular weight excluding hydrogens is 190 g/mol. The van der Waals surface area contributed by atoms with Gasteiger partial charge in [0.15, 0.2) is 0 Å². The minimum Gasteiger partial charge on any atom is -0.466 e. The summed E-state index contributed by atoms with van der Waals surface area (Å²) in [5, 5.41) is 13.5. The van der Waals surface area contributed by atoms with Crippen LogP contribution < -0.4 is 5.32 Å². The summed E-state index contributed by atoms with van der Waals surface area (Å²) in [5.74, 6) is 1.39. The van der Waals surface area contributed by atoms with Crippen molar-refractivity contribution < 1.29 is 9.52 Å². The van der Waals surface area contributed by atoms with Crippen molar-refractivity contribution in [2.24, 2.45) is 5.92 Å². The largest absolute Gasteiger partial charge is 0.466 e. The highest BCUT2D eigenvalue weighted by Gasteiger charge is 2.28. The average molecular weight is 209 g/mol. The molecule has 0 radical (unpaired) electrons. The van der Waals surface area contributed by atoms with E-state index in [-0.39, 0.29) is 6.04 Å². The van der Waals surface area contributed by atoms with Crippen LogP contribution in [0.1, 0.15) is 37.2 Å². The second kappa shape index (κ2) is 4.37. The lowest BCUT2D eigenvalue weighted by atomic mass is 9.90. The van der Waals surface area contributed by atoms with Gasteiger partial charge in [-0.05, 0) is 43.9 Å². The second-order valence-corrected chi connectivity index (χ2v) is 4.60. The lowest BCUT2D eigenvalue weighted by Gasteiger charge is -2.31. The molecular formula is C12H19NO2. The molecule has 1 aliphatic heterocycles. The van der Waals surface area contributed by atoms with E-state index in [1.807, 2.05) is 13.0 Å². The van der Waals surface area contributed by atoms with Gasteiger partial charge < -0.3 is 14.8 Å². The van der Waals surface area contributed by atoms with Crippen molar-refractivity contribution in [3.63, 3.8) is 0 Å². The molecule has 0 amide bonds. The number of nitrogens with one attached hydrogen (secondary N) is 1. The maximum absolute atomic E-state index is 10.2. The van der Waals surface area contributed by atoms with Crippen molar-refractivity contribution in [3.05, 3.63) is 23.7 Å². The molecule has 1 aromatic heterocycles. The molecule has 3 unspecified atom stereocenters. The third-order valence-electron chi connectivity index (χ3n) is 3.25. The molecule has 0 spiro atoms. The van der Waals surface area contributed by atoms with Gasteiger partial charge in [0.1, 0.15) is 11.9 Å². The van der Waals surface area contributed by atoms with Gasteiger partial charge in [0.25, 0.3) is 0 Å². The predicted molar refractivity (Wildman–Crippen MR) is 58.6 cm³/mol. The Kier molecular flexibility index (Phi) is 3.12. The fraction of sp³-hybridized carbons (Fsp3) is 0.667. The van der Waals surface area contributed by atoms with Crippen molar-refractivity contribution in [2.45, 2.75) is 38.8 Å². The number of aryl methyl sites for hydroxylation is 1. The van der Waals surface area contributed by atoms with E-state index >= 15 is 0 Å². The Morgan fingerprint density at radius 3 is 3.00 bits per heavy atom. The van der Waals surface area contributed by atoms with E-state index in [0.717, 1.165) is 18.5 Å². The van der Waals surface area contributed by atoms with Gasteiger partial charge in [0.05, 0.1) is 6.26 Å². The summed E-state index contributed by atoms with van der Waals surface area (Å²) >= 11 is 0. The molecule has 2 heterocycles. The van der Waals surface area contributed by atoms with Crippen molar-refractivity contribution in [3.8, 4) is 0 Å². The molecule has 1 fully saturated rings. The number of rotatable bonds is 2. The van der Waals surface area contributed by atoms with Crippen LogP contribution in [0, 0.1) is 12.8 Å². The van der Waals surface area contributed by atoms with E-state index in [0.29, 0.717) is 11.7 Å². The summed E-state index contributed by atoms with van der Waals surface area (Å²) in [4.78, 5) is 0. The summed E-state index contributed by atoms with van der Waals surface area (Å²) in [6.07, 6.45) is 3.34. The van der Waals surface area contributed by atoms with Gasteiger partial charge >= 0.3 is 0 Å². The Morgan fingerprint density at radius 1 is 1.60 bits per heavy atom. The van der Waals surface area contributed by atoms with Gasteiger partial charge in [0.2, 0.25) is 0 Å². The van der Waals surface area contributed by atoms with Crippen molar-refractivity contribution in [2.75, 3.05) is 6.54 Å². The number of hydrogen-bond donors (Lipinski definition) is 2. The zero-order valence-corrected chi connectivity index (χ0v) is 9.36. The van der Waals surface area contributed by atoms with E-state index in [1.165, 1.54) is 6.42 Å². The maximum Gasteiger partial charge on any atom is 0.136 e. The number of hydrogen-bond acceptors (Lipinski definition) is 3. The van der Waals surface area contributed by atoms with E-state index in [4.69, 9.17) is 4.42 Å². The van der Waals surface area contributed by atoms with Crippen molar-refractivity contribution >= 4 is 0 Å². The zero-order valence-electron chi connectivity index (χ0n) is 9.36. The van der Waals surface area contributed by atoms with Crippen LogP contribution in [0.5, 0.6) is 0 Å². The minimum atomic E-state index is -0.511. The highest BCUT2D eigenvalue weighted by atomic mass is 16.4.